The molecule has 11 heavy (non-hydrogen) atoms. The highest BCUT2D eigenvalue weighted by Gasteiger charge is 1.84. The lowest BCUT2D eigenvalue weighted by Crippen LogP contribution is -1.89. The van der Waals surface area contributed by atoms with Crippen molar-refractivity contribution in [2.24, 2.45) is 0 Å². The monoisotopic (exact) mass is 189 g/mol. The van der Waals surface area contributed by atoms with E-state index in [1.165, 1.54) is 0 Å². The Kier molecular flexibility index (Phi) is 15.2. The summed E-state index contributed by atoms with van der Waals surface area (Å²) >= 11 is 0. The van der Waals surface area contributed by atoms with E-state index in [1.807, 2.05) is 13.8 Å². The van der Waals surface area contributed by atoms with E-state index in [9.17, 15) is 0 Å². The maximum Gasteiger partial charge on any atom is 0.394 e. The molecule has 0 aromatic heterocycles. The average Bonchev–Trinajstić information content (AvgIpc) is 1.63. The number of hydrogen-bond acceptors (Lipinski definition) is 4. The van der Waals surface area contributed by atoms with Gasteiger partial charge in [-0.1, -0.05) is 0 Å². The van der Waals surface area contributed by atoms with Crippen LogP contribution >= 0.6 is 0 Å². The van der Waals surface area contributed by atoms with Gasteiger partial charge in [0, 0.05) is 13.2 Å². The fourth-order valence-corrected chi connectivity index (χ4v) is 0.204. The molecule has 0 aromatic carbocycles. The van der Waals surface area contributed by atoms with E-state index in [0.29, 0.717) is 0 Å². The summed E-state index contributed by atoms with van der Waals surface area (Å²) < 4.78 is 36.4. The van der Waals surface area contributed by atoms with Gasteiger partial charge in [-0.05, 0) is 13.8 Å². The predicted molar refractivity (Wildman–Crippen MR) is 41.4 cm³/mol. The normalized spacial score (nSPS) is 9.09. The van der Waals surface area contributed by atoms with E-state index in [-0.39, 0.29) is 6.15 Å². The van der Waals surface area contributed by atoms with Gasteiger partial charge in [-0.25, -0.2) is 0 Å². The highest BCUT2D eigenvalue weighted by molar-refractivity contribution is 7.79. The molecule has 7 heteroatoms. The Morgan fingerprint density at radius 3 is 1.36 bits per heavy atom. The van der Waals surface area contributed by atoms with Crippen LogP contribution in [0.3, 0.4) is 0 Å². The lowest BCUT2D eigenvalue weighted by atomic mass is 10.8. The molecule has 0 atom stereocenters. The summed E-state index contributed by atoms with van der Waals surface area (Å²) in [4.78, 5) is 0. The van der Waals surface area contributed by atoms with Crippen molar-refractivity contribution in [3.63, 3.8) is 0 Å². The van der Waals surface area contributed by atoms with Gasteiger partial charge in [0.2, 0.25) is 0 Å². The van der Waals surface area contributed by atoms with Gasteiger partial charge in [0.15, 0.2) is 0 Å². The van der Waals surface area contributed by atoms with Gasteiger partial charge in [0.25, 0.3) is 0 Å². The van der Waals surface area contributed by atoms with Crippen LogP contribution < -0.4 is 6.15 Å². The van der Waals surface area contributed by atoms with E-state index in [1.54, 1.807) is 0 Å². The molecule has 0 aliphatic carbocycles. The summed E-state index contributed by atoms with van der Waals surface area (Å²) in [5.74, 6) is 0. The molecule has 0 heterocycles. The van der Waals surface area contributed by atoms with Gasteiger partial charge in [-0.2, -0.15) is 8.42 Å². The van der Waals surface area contributed by atoms with Crippen LogP contribution in [0, 0.1) is 0 Å². The molecule has 0 aliphatic heterocycles. The summed E-state index contributed by atoms with van der Waals surface area (Å²) in [6, 6.07) is 0. The number of rotatable bonds is 2. The molecule has 0 aromatic rings. The molecule has 0 rings (SSSR count). The smallest absolute Gasteiger partial charge is 0.382 e. The van der Waals surface area contributed by atoms with Crippen molar-refractivity contribution in [2.45, 2.75) is 13.8 Å². The Labute approximate surface area is 66.7 Å². The van der Waals surface area contributed by atoms with Crippen LogP contribution in [0.4, 0.5) is 0 Å². The summed E-state index contributed by atoms with van der Waals surface area (Å²) in [6.45, 7) is 5.67. The fourth-order valence-electron chi connectivity index (χ4n) is 0.204. The van der Waals surface area contributed by atoms with E-state index in [2.05, 4.69) is 0 Å². The first-order valence-corrected chi connectivity index (χ1v) is 4.09. The van der Waals surface area contributed by atoms with E-state index >= 15 is 0 Å². The molecule has 0 bridgehead atoms. The SMILES string of the molecule is CCOCC.N.O=S(=O)(O)O. The topological polar surface area (TPSA) is 119 Å². The second kappa shape index (κ2) is 9.79. The van der Waals surface area contributed by atoms with Gasteiger partial charge >= 0.3 is 10.4 Å². The Bertz CT molecular complexity index is 133. The van der Waals surface area contributed by atoms with Gasteiger partial charge in [0.1, 0.15) is 0 Å². The lowest BCUT2D eigenvalue weighted by Gasteiger charge is -1.86. The van der Waals surface area contributed by atoms with Crippen LogP contribution in [-0.4, -0.2) is 30.7 Å². The second-order valence-corrected chi connectivity index (χ2v) is 2.12. The molecule has 0 saturated carbocycles. The van der Waals surface area contributed by atoms with Crippen molar-refractivity contribution in [1.82, 2.24) is 6.15 Å². The molecule has 0 spiro atoms. The number of ether oxygens (including phenoxy) is 1. The maximum atomic E-state index is 8.74. The molecule has 5 N–H and O–H groups in total. The lowest BCUT2D eigenvalue weighted by molar-refractivity contribution is 0.162. The van der Waals surface area contributed by atoms with Gasteiger partial charge in [0.05, 0.1) is 0 Å². The van der Waals surface area contributed by atoms with Crippen LogP contribution in [0.5, 0.6) is 0 Å². The van der Waals surface area contributed by atoms with Crippen molar-refractivity contribution in [1.29, 1.82) is 0 Å². The van der Waals surface area contributed by atoms with Crippen LogP contribution in [0.25, 0.3) is 0 Å². The Morgan fingerprint density at radius 2 is 1.36 bits per heavy atom. The maximum absolute atomic E-state index is 8.74. The van der Waals surface area contributed by atoms with Crippen molar-refractivity contribution in [3.8, 4) is 0 Å². The summed E-state index contributed by atoms with van der Waals surface area (Å²) in [6.07, 6.45) is 0. The molecule has 72 valence electrons. The highest BCUT2D eigenvalue weighted by atomic mass is 32.3. The van der Waals surface area contributed by atoms with Crippen molar-refractivity contribution in [2.75, 3.05) is 13.2 Å². The first kappa shape index (κ1) is 17.0. The van der Waals surface area contributed by atoms with Gasteiger partial charge < -0.3 is 10.9 Å². The molecule has 0 fully saturated rings. The Hall–Kier alpha value is -0.210. The Balaban J connectivity index is -0.000000107. The third-order valence-corrected chi connectivity index (χ3v) is 0.408. The van der Waals surface area contributed by atoms with E-state index in [0.717, 1.165) is 13.2 Å². The predicted octanol–water partition coefficient (Wildman–Crippen LogP) is 0.552. The van der Waals surface area contributed by atoms with Crippen LogP contribution in [-0.2, 0) is 15.1 Å². The minimum Gasteiger partial charge on any atom is -0.382 e. The molecule has 0 radical (unpaired) electrons. The minimum atomic E-state index is -4.67. The second-order valence-electron chi connectivity index (χ2n) is 1.23. The molecule has 6 nitrogen and oxygen atoms in total. The zero-order valence-corrected chi connectivity index (χ0v) is 7.47. The van der Waals surface area contributed by atoms with Crippen LogP contribution in [0.15, 0.2) is 0 Å². The first-order chi connectivity index (χ1) is 4.41. The third-order valence-electron chi connectivity index (χ3n) is 0.408. The summed E-state index contributed by atoms with van der Waals surface area (Å²) in [5, 5.41) is 0. The highest BCUT2D eigenvalue weighted by Crippen LogP contribution is 1.64. The van der Waals surface area contributed by atoms with Crippen molar-refractivity contribution < 1.29 is 22.3 Å². The molecule has 0 aliphatic rings. The van der Waals surface area contributed by atoms with Crippen molar-refractivity contribution in [3.05, 3.63) is 0 Å². The standard InChI is InChI=1S/C4H10O.H3N.H2O4S/c1-3-5-4-2;;1-5(2,3)4/h3-4H2,1-2H3;1H3;(H2,1,2,3,4). The fraction of sp³-hybridized carbons (Fsp3) is 1.00. The average molecular weight is 189 g/mol. The zero-order chi connectivity index (χ0) is 8.62. The van der Waals surface area contributed by atoms with Gasteiger partial charge in [-0.15, -0.1) is 0 Å². The van der Waals surface area contributed by atoms with Crippen LogP contribution in [0.2, 0.25) is 0 Å². The molecular weight excluding hydrogens is 174 g/mol. The van der Waals surface area contributed by atoms with E-state index < -0.39 is 10.4 Å². The molecule has 0 saturated heterocycles. The zero-order valence-electron chi connectivity index (χ0n) is 6.65. The van der Waals surface area contributed by atoms with Crippen molar-refractivity contribution >= 4 is 10.4 Å². The summed E-state index contributed by atoms with van der Waals surface area (Å²) in [5.41, 5.74) is 0. The quantitative estimate of drug-likeness (QED) is 0.546. The minimum absolute atomic E-state index is 0. The summed E-state index contributed by atoms with van der Waals surface area (Å²) in [7, 11) is -4.67. The van der Waals surface area contributed by atoms with E-state index in [4.69, 9.17) is 22.3 Å². The van der Waals surface area contributed by atoms with Crippen LogP contribution in [0.1, 0.15) is 13.8 Å². The number of hydrogen-bond donors (Lipinski definition) is 3. The third kappa shape index (κ3) is 185. The molecule has 0 amide bonds. The van der Waals surface area contributed by atoms with Gasteiger partial charge in [-0.3, -0.25) is 9.11 Å². The largest absolute Gasteiger partial charge is 0.394 e. The molecular formula is C4H15NO5S. The molecule has 0 unspecified atom stereocenters. The Morgan fingerprint density at radius 1 is 1.18 bits per heavy atom. The first-order valence-electron chi connectivity index (χ1n) is 2.69.